The summed E-state index contributed by atoms with van der Waals surface area (Å²) in [6.45, 7) is 4.89. The third kappa shape index (κ3) is 2.80. The zero-order valence-electron chi connectivity index (χ0n) is 9.31. The molecule has 1 rings (SSSR count). The number of rotatable bonds is 4. The molecule has 82 valence electrons. The van der Waals surface area contributed by atoms with E-state index >= 15 is 0 Å². The Kier molecular flexibility index (Phi) is 4.31. The van der Waals surface area contributed by atoms with Crippen molar-refractivity contribution in [2.75, 3.05) is 18.0 Å². The van der Waals surface area contributed by atoms with E-state index in [9.17, 15) is 4.79 Å². The SMILES string of the molecule is CCN(C(=O)C(C)CN)c1ccccc1. The third-order valence-corrected chi connectivity index (χ3v) is 2.43. The summed E-state index contributed by atoms with van der Waals surface area (Å²) < 4.78 is 0. The summed E-state index contributed by atoms with van der Waals surface area (Å²) in [5, 5.41) is 0. The fourth-order valence-corrected chi connectivity index (χ4v) is 1.44. The van der Waals surface area contributed by atoms with E-state index in [2.05, 4.69) is 0 Å². The van der Waals surface area contributed by atoms with Crippen molar-refractivity contribution in [3.8, 4) is 0 Å². The Labute approximate surface area is 90.9 Å². The van der Waals surface area contributed by atoms with Crippen molar-refractivity contribution in [3.05, 3.63) is 30.3 Å². The first-order valence-corrected chi connectivity index (χ1v) is 5.27. The lowest BCUT2D eigenvalue weighted by atomic mass is 10.1. The van der Waals surface area contributed by atoms with E-state index in [1.54, 1.807) is 4.90 Å². The highest BCUT2D eigenvalue weighted by atomic mass is 16.2. The number of nitrogens with zero attached hydrogens (tertiary/aromatic N) is 1. The van der Waals surface area contributed by atoms with E-state index in [1.165, 1.54) is 0 Å². The van der Waals surface area contributed by atoms with Crippen LogP contribution in [-0.4, -0.2) is 19.0 Å². The smallest absolute Gasteiger partial charge is 0.231 e. The van der Waals surface area contributed by atoms with E-state index in [-0.39, 0.29) is 11.8 Å². The van der Waals surface area contributed by atoms with Crippen LogP contribution in [0.4, 0.5) is 5.69 Å². The summed E-state index contributed by atoms with van der Waals surface area (Å²) in [5.41, 5.74) is 6.43. The van der Waals surface area contributed by atoms with Gasteiger partial charge in [-0.25, -0.2) is 0 Å². The molecule has 0 saturated carbocycles. The third-order valence-electron chi connectivity index (χ3n) is 2.43. The molecule has 1 amide bonds. The molecule has 1 aromatic rings. The van der Waals surface area contributed by atoms with Gasteiger partial charge in [0.25, 0.3) is 0 Å². The first kappa shape index (κ1) is 11.7. The van der Waals surface area contributed by atoms with Gasteiger partial charge in [0.15, 0.2) is 0 Å². The lowest BCUT2D eigenvalue weighted by Gasteiger charge is -2.23. The standard InChI is InChI=1S/C12H18N2O/c1-3-14(12(15)10(2)9-13)11-7-5-4-6-8-11/h4-8,10H,3,9,13H2,1-2H3. The predicted molar refractivity (Wildman–Crippen MR) is 62.7 cm³/mol. The molecular weight excluding hydrogens is 188 g/mol. The minimum Gasteiger partial charge on any atom is -0.330 e. The second kappa shape index (κ2) is 5.51. The van der Waals surface area contributed by atoms with E-state index < -0.39 is 0 Å². The summed E-state index contributed by atoms with van der Waals surface area (Å²) in [6.07, 6.45) is 0. The van der Waals surface area contributed by atoms with Crippen LogP contribution in [0.1, 0.15) is 13.8 Å². The van der Waals surface area contributed by atoms with Crippen LogP contribution in [0.3, 0.4) is 0 Å². The van der Waals surface area contributed by atoms with Crippen LogP contribution in [0, 0.1) is 5.92 Å². The highest BCUT2D eigenvalue weighted by Gasteiger charge is 2.18. The maximum atomic E-state index is 12.0. The topological polar surface area (TPSA) is 46.3 Å². The Balaban J connectivity index is 2.85. The molecule has 0 bridgehead atoms. The van der Waals surface area contributed by atoms with Crippen molar-refractivity contribution < 1.29 is 4.79 Å². The van der Waals surface area contributed by atoms with Crippen LogP contribution >= 0.6 is 0 Å². The van der Waals surface area contributed by atoms with Gasteiger partial charge in [0.05, 0.1) is 0 Å². The number of anilines is 1. The Hall–Kier alpha value is -1.35. The highest BCUT2D eigenvalue weighted by Crippen LogP contribution is 2.15. The van der Waals surface area contributed by atoms with Crippen molar-refractivity contribution in [2.24, 2.45) is 11.7 Å². The molecule has 0 aromatic heterocycles. The number of nitrogens with two attached hydrogens (primary N) is 1. The highest BCUT2D eigenvalue weighted by molar-refractivity contribution is 5.94. The first-order chi connectivity index (χ1) is 7.20. The molecule has 2 N–H and O–H groups in total. The van der Waals surface area contributed by atoms with Crippen molar-refractivity contribution in [3.63, 3.8) is 0 Å². The Morgan fingerprint density at radius 1 is 1.40 bits per heavy atom. The fourth-order valence-electron chi connectivity index (χ4n) is 1.44. The zero-order chi connectivity index (χ0) is 11.3. The average molecular weight is 206 g/mol. The van der Waals surface area contributed by atoms with Gasteiger partial charge in [0, 0.05) is 24.7 Å². The van der Waals surface area contributed by atoms with Gasteiger partial charge in [0.2, 0.25) is 5.91 Å². The van der Waals surface area contributed by atoms with Crippen LogP contribution in [-0.2, 0) is 4.79 Å². The van der Waals surface area contributed by atoms with Crippen molar-refractivity contribution in [2.45, 2.75) is 13.8 Å². The van der Waals surface area contributed by atoms with E-state index in [0.717, 1.165) is 5.69 Å². The second-order valence-electron chi connectivity index (χ2n) is 3.55. The zero-order valence-corrected chi connectivity index (χ0v) is 9.31. The molecule has 1 unspecified atom stereocenters. The van der Waals surface area contributed by atoms with Crippen LogP contribution < -0.4 is 10.6 Å². The maximum absolute atomic E-state index is 12.0. The Morgan fingerprint density at radius 3 is 2.47 bits per heavy atom. The fraction of sp³-hybridized carbons (Fsp3) is 0.417. The monoisotopic (exact) mass is 206 g/mol. The van der Waals surface area contributed by atoms with Gasteiger partial charge >= 0.3 is 0 Å². The van der Waals surface area contributed by atoms with Gasteiger partial charge in [-0.3, -0.25) is 4.79 Å². The summed E-state index contributed by atoms with van der Waals surface area (Å²) in [6, 6.07) is 9.67. The Morgan fingerprint density at radius 2 is 2.00 bits per heavy atom. The van der Waals surface area contributed by atoms with Gasteiger partial charge in [-0.15, -0.1) is 0 Å². The number of carbonyl (C=O) groups is 1. The normalized spacial score (nSPS) is 12.2. The summed E-state index contributed by atoms with van der Waals surface area (Å²) in [7, 11) is 0. The van der Waals surface area contributed by atoms with E-state index in [0.29, 0.717) is 13.1 Å². The summed E-state index contributed by atoms with van der Waals surface area (Å²) >= 11 is 0. The molecule has 0 spiro atoms. The number of hydrogen-bond acceptors (Lipinski definition) is 2. The molecule has 0 aliphatic carbocycles. The number of benzene rings is 1. The van der Waals surface area contributed by atoms with Crippen molar-refractivity contribution in [1.29, 1.82) is 0 Å². The average Bonchev–Trinajstić information content (AvgIpc) is 2.30. The van der Waals surface area contributed by atoms with E-state index in [4.69, 9.17) is 5.73 Å². The summed E-state index contributed by atoms with van der Waals surface area (Å²) in [4.78, 5) is 13.7. The maximum Gasteiger partial charge on any atom is 0.231 e. The lowest BCUT2D eigenvalue weighted by molar-refractivity contribution is -0.121. The van der Waals surface area contributed by atoms with Crippen molar-refractivity contribution in [1.82, 2.24) is 0 Å². The molecule has 1 aromatic carbocycles. The van der Waals surface area contributed by atoms with Gasteiger partial charge < -0.3 is 10.6 Å². The minimum atomic E-state index is -0.120. The van der Waals surface area contributed by atoms with Crippen LogP contribution in [0.5, 0.6) is 0 Å². The molecule has 0 fully saturated rings. The minimum absolute atomic E-state index is 0.0891. The van der Waals surface area contributed by atoms with Crippen LogP contribution in [0.25, 0.3) is 0 Å². The Bertz CT molecular complexity index is 311. The number of para-hydroxylation sites is 1. The molecule has 0 radical (unpaired) electrons. The van der Waals surface area contributed by atoms with Gasteiger partial charge in [0.1, 0.15) is 0 Å². The molecule has 0 heterocycles. The molecule has 0 aliphatic heterocycles. The molecule has 15 heavy (non-hydrogen) atoms. The molecular formula is C12H18N2O. The van der Waals surface area contributed by atoms with Crippen molar-refractivity contribution >= 4 is 11.6 Å². The van der Waals surface area contributed by atoms with Crippen LogP contribution in [0.15, 0.2) is 30.3 Å². The number of amides is 1. The first-order valence-electron chi connectivity index (χ1n) is 5.27. The van der Waals surface area contributed by atoms with Crippen LogP contribution in [0.2, 0.25) is 0 Å². The summed E-state index contributed by atoms with van der Waals surface area (Å²) in [5.74, 6) is -0.0312. The lowest BCUT2D eigenvalue weighted by Crippen LogP contribution is -2.37. The predicted octanol–water partition coefficient (Wildman–Crippen LogP) is 1.63. The number of carbonyl (C=O) groups excluding carboxylic acids is 1. The molecule has 1 atom stereocenters. The van der Waals surface area contributed by atoms with Gasteiger partial charge in [-0.1, -0.05) is 25.1 Å². The van der Waals surface area contributed by atoms with E-state index in [1.807, 2.05) is 44.2 Å². The second-order valence-corrected chi connectivity index (χ2v) is 3.55. The molecule has 0 aliphatic rings. The molecule has 0 saturated heterocycles. The molecule has 3 heteroatoms. The molecule has 3 nitrogen and oxygen atoms in total. The number of hydrogen-bond donors (Lipinski definition) is 1. The van der Waals surface area contributed by atoms with Gasteiger partial charge in [-0.05, 0) is 19.1 Å². The van der Waals surface area contributed by atoms with Gasteiger partial charge in [-0.2, -0.15) is 0 Å². The quantitative estimate of drug-likeness (QED) is 0.814. The largest absolute Gasteiger partial charge is 0.330 e.